The van der Waals surface area contributed by atoms with E-state index in [9.17, 15) is 19.8 Å². The molecular weight excluding hydrogens is 1030 g/mol. The van der Waals surface area contributed by atoms with Crippen molar-refractivity contribution in [3.63, 3.8) is 0 Å². The van der Waals surface area contributed by atoms with Crippen molar-refractivity contribution in [2.75, 3.05) is 13.2 Å². The van der Waals surface area contributed by atoms with Gasteiger partial charge in [-0.3, -0.25) is 9.59 Å². The van der Waals surface area contributed by atoms with Gasteiger partial charge in [0.15, 0.2) is 0 Å². The predicted molar refractivity (Wildman–Crippen MR) is 370 cm³/mol. The minimum absolute atomic E-state index is 0.0253. The van der Waals surface area contributed by atoms with Crippen LogP contribution in [0, 0.1) is 0 Å². The highest BCUT2D eigenvalue weighted by atomic mass is 16.5. The summed E-state index contributed by atoms with van der Waals surface area (Å²) in [5, 5.41) is 23.2. The lowest BCUT2D eigenvalue weighted by molar-refractivity contribution is -0.143. The highest BCUT2D eigenvalue weighted by molar-refractivity contribution is 5.76. The standard InChI is InChI=1S/C78H151NO5/c1-3-5-7-9-11-13-15-17-46-50-54-58-62-66-70-76(81)75(74-80)79-77(82)71-67-63-59-55-51-47-44-42-40-38-36-34-32-30-28-26-24-22-20-19-21-23-25-27-29-31-33-35-37-39-41-43-45-49-53-57-61-65-69-73-84-78(83)72-68-64-60-56-52-48-18-16-14-12-10-8-6-4-2/h19-20,66,70,75-76,80-81H,3-18,21-65,67-69,71-74H2,1-2H3,(H,79,82)/b20-19-,70-66+. The van der Waals surface area contributed by atoms with Gasteiger partial charge in [-0.25, -0.2) is 0 Å². The first kappa shape index (κ1) is 82.3. The van der Waals surface area contributed by atoms with Crippen LogP contribution in [-0.2, 0) is 14.3 Å². The van der Waals surface area contributed by atoms with Crippen molar-refractivity contribution in [1.29, 1.82) is 0 Å². The molecule has 0 bridgehead atoms. The molecule has 2 atom stereocenters. The molecule has 0 saturated heterocycles. The van der Waals surface area contributed by atoms with Gasteiger partial charge in [0.05, 0.1) is 25.4 Å². The number of unbranched alkanes of at least 4 members (excludes halogenated alkanes) is 60. The Balaban J connectivity index is 3.32. The minimum Gasteiger partial charge on any atom is -0.466 e. The molecule has 0 aromatic carbocycles. The number of rotatable bonds is 73. The largest absolute Gasteiger partial charge is 0.466 e. The first-order valence-electron chi connectivity index (χ1n) is 38.6. The van der Waals surface area contributed by atoms with Gasteiger partial charge in [-0.2, -0.15) is 0 Å². The SMILES string of the molecule is CCCCCCCCCCCCCC/C=C/C(O)C(CO)NC(=O)CCCCCCCCCCCCCCCCCCC/C=C\CCCCCCCCCCCCCCCCCCCCOC(=O)CCCCCCCCCCCCCCCC. The molecular formula is C78H151NO5. The second kappa shape index (κ2) is 73.8. The highest BCUT2D eigenvalue weighted by Crippen LogP contribution is 2.20. The zero-order valence-corrected chi connectivity index (χ0v) is 57.2. The Morgan fingerprint density at radius 3 is 0.845 bits per heavy atom. The van der Waals surface area contributed by atoms with Crippen LogP contribution < -0.4 is 5.32 Å². The minimum atomic E-state index is -0.840. The molecule has 2 unspecified atom stereocenters. The van der Waals surface area contributed by atoms with E-state index in [0.717, 1.165) is 38.5 Å². The van der Waals surface area contributed by atoms with Gasteiger partial charge < -0.3 is 20.3 Å². The highest BCUT2D eigenvalue weighted by Gasteiger charge is 2.18. The Bertz CT molecular complexity index is 1320. The van der Waals surface area contributed by atoms with E-state index >= 15 is 0 Å². The molecule has 0 aliphatic carbocycles. The number of ether oxygens (including phenoxy) is 1. The third-order valence-corrected chi connectivity index (χ3v) is 18.2. The van der Waals surface area contributed by atoms with E-state index in [2.05, 4.69) is 31.3 Å². The lowest BCUT2D eigenvalue weighted by atomic mass is 10.0. The van der Waals surface area contributed by atoms with Gasteiger partial charge in [-0.05, 0) is 57.8 Å². The van der Waals surface area contributed by atoms with Gasteiger partial charge in [-0.15, -0.1) is 0 Å². The number of amides is 1. The Morgan fingerprint density at radius 2 is 0.560 bits per heavy atom. The van der Waals surface area contributed by atoms with Crippen molar-refractivity contribution in [3.8, 4) is 0 Å². The van der Waals surface area contributed by atoms with E-state index in [-0.39, 0.29) is 18.5 Å². The number of nitrogens with one attached hydrogen (secondary N) is 1. The molecule has 6 nitrogen and oxygen atoms in total. The smallest absolute Gasteiger partial charge is 0.305 e. The van der Waals surface area contributed by atoms with E-state index < -0.39 is 12.1 Å². The second-order valence-electron chi connectivity index (χ2n) is 26.7. The lowest BCUT2D eigenvalue weighted by Crippen LogP contribution is -2.45. The monoisotopic (exact) mass is 1180 g/mol. The number of aliphatic hydroxyl groups is 2. The summed E-state index contributed by atoms with van der Waals surface area (Å²) in [6, 6.07) is -0.624. The van der Waals surface area contributed by atoms with E-state index in [1.165, 1.54) is 372 Å². The third kappa shape index (κ3) is 69.4. The number of hydrogen-bond donors (Lipinski definition) is 3. The van der Waals surface area contributed by atoms with Gasteiger partial charge in [0.2, 0.25) is 5.91 Å². The van der Waals surface area contributed by atoms with E-state index in [0.29, 0.717) is 19.4 Å². The lowest BCUT2D eigenvalue weighted by Gasteiger charge is -2.20. The molecule has 3 N–H and O–H groups in total. The number of esters is 1. The summed E-state index contributed by atoms with van der Waals surface area (Å²) in [6.07, 6.45) is 94.5. The molecule has 0 saturated carbocycles. The summed E-state index contributed by atoms with van der Waals surface area (Å²) in [5.41, 5.74) is 0. The van der Waals surface area contributed by atoms with Crippen molar-refractivity contribution < 1.29 is 24.5 Å². The van der Waals surface area contributed by atoms with Crippen LogP contribution in [-0.4, -0.2) is 47.4 Å². The van der Waals surface area contributed by atoms with E-state index in [1.807, 2.05) is 6.08 Å². The Labute approximate surface area is 526 Å². The first-order valence-corrected chi connectivity index (χ1v) is 38.6. The summed E-state index contributed by atoms with van der Waals surface area (Å²) in [5.74, 6) is -0.0358. The zero-order chi connectivity index (χ0) is 60.6. The van der Waals surface area contributed by atoms with Crippen molar-refractivity contribution in [2.24, 2.45) is 0 Å². The maximum Gasteiger partial charge on any atom is 0.305 e. The summed E-state index contributed by atoms with van der Waals surface area (Å²) >= 11 is 0. The van der Waals surface area contributed by atoms with Gasteiger partial charge in [-0.1, -0.05) is 391 Å². The maximum absolute atomic E-state index is 12.5. The Morgan fingerprint density at radius 1 is 0.321 bits per heavy atom. The molecule has 6 heteroatoms. The second-order valence-corrected chi connectivity index (χ2v) is 26.7. The van der Waals surface area contributed by atoms with Gasteiger partial charge in [0, 0.05) is 12.8 Å². The average Bonchev–Trinajstić information content (AvgIpc) is 3.52. The van der Waals surface area contributed by atoms with E-state index in [4.69, 9.17) is 4.74 Å². The normalized spacial score (nSPS) is 12.6. The fourth-order valence-corrected chi connectivity index (χ4v) is 12.3. The molecule has 1 amide bonds. The van der Waals surface area contributed by atoms with Crippen LogP contribution in [0.3, 0.4) is 0 Å². The molecule has 0 rings (SSSR count). The molecule has 0 aromatic heterocycles. The Hall–Kier alpha value is -1.66. The van der Waals surface area contributed by atoms with Crippen molar-refractivity contribution >= 4 is 11.9 Å². The van der Waals surface area contributed by atoms with Crippen LogP contribution in [0.4, 0.5) is 0 Å². The van der Waals surface area contributed by atoms with E-state index in [1.54, 1.807) is 6.08 Å². The van der Waals surface area contributed by atoms with Gasteiger partial charge in [0.25, 0.3) is 0 Å². The van der Waals surface area contributed by atoms with Crippen molar-refractivity contribution in [3.05, 3.63) is 24.3 Å². The third-order valence-electron chi connectivity index (χ3n) is 18.2. The molecule has 0 heterocycles. The predicted octanol–water partition coefficient (Wildman–Crippen LogP) is 25.3. The summed E-state index contributed by atoms with van der Waals surface area (Å²) in [6.45, 7) is 4.95. The molecule has 0 fully saturated rings. The first-order chi connectivity index (χ1) is 41.5. The molecule has 0 spiro atoms. The summed E-state index contributed by atoms with van der Waals surface area (Å²) < 4.78 is 5.50. The van der Waals surface area contributed by atoms with Crippen LogP contribution in [0.25, 0.3) is 0 Å². The van der Waals surface area contributed by atoms with Crippen LogP contribution in [0.2, 0.25) is 0 Å². The van der Waals surface area contributed by atoms with Crippen LogP contribution in [0.1, 0.15) is 438 Å². The van der Waals surface area contributed by atoms with Crippen LogP contribution in [0.15, 0.2) is 24.3 Å². The van der Waals surface area contributed by atoms with Gasteiger partial charge in [0.1, 0.15) is 0 Å². The maximum atomic E-state index is 12.5. The molecule has 0 aromatic rings. The Kier molecular flexibility index (Phi) is 72.3. The number of carbonyl (C=O) groups excluding carboxylic acids is 2. The summed E-state index contributed by atoms with van der Waals surface area (Å²) in [4.78, 5) is 24.6. The van der Waals surface area contributed by atoms with Gasteiger partial charge >= 0.3 is 5.97 Å². The molecule has 0 radical (unpaired) electrons. The molecule has 84 heavy (non-hydrogen) atoms. The number of hydrogen-bond acceptors (Lipinski definition) is 5. The number of allylic oxidation sites excluding steroid dienone is 3. The molecule has 498 valence electrons. The van der Waals surface area contributed by atoms with Crippen molar-refractivity contribution in [2.45, 2.75) is 450 Å². The topological polar surface area (TPSA) is 95.9 Å². The number of aliphatic hydroxyl groups excluding tert-OH is 2. The number of carbonyl (C=O) groups is 2. The van der Waals surface area contributed by atoms with Crippen LogP contribution in [0.5, 0.6) is 0 Å². The average molecular weight is 1180 g/mol. The van der Waals surface area contributed by atoms with Crippen LogP contribution >= 0.6 is 0 Å². The van der Waals surface area contributed by atoms with Crippen molar-refractivity contribution in [1.82, 2.24) is 5.32 Å². The fourth-order valence-electron chi connectivity index (χ4n) is 12.3. The summed E-state index contributed by atoms with van der Waals surface area (Å²) in [7, 11) is 0. The quantitative estimate of drug-likeness (QED) is 0.0320. The zero-order valence-electron chi connectivity index (χ0n) is 57.2. The molecule has 0 aliphatic heterocycles. The molecule has 0 aliphatic rings. The fraction of sp³-hybridized carbons (Fsp3) is 0.923.